The van der Waals surface area contributed by atoms with Gasteiger partial charge >= 0.3 is 0 Å². The molecule has 1 rings (SSSR count). The Labute approximate surface area is 70.6 Å². The molecular weight excluding hydrogens is 152 g/mol. The fraction of sp³-hybridized carbons (Fsp3) is 0.778. The molecule has 64 valence electrons. The highest BCUT2D eigenvalue weighted by molar-refractivity contribution is 6.71. The zero-order chi connectivity index (χ0) is 8.48. The van der Waals surface area contributed by atoms with E-state index in [1.165, 1.54) is 24.5 Å². The molecule has 0 aromatic carbocycles. The standard InChI is InChI=1S/C9H18OSi/c1-8(2)9-6-5-7-11(3,4)10-9/h9H,1,5-7H2,2-4H3. The van der Waals surface area contributed by atoms with Crippen molar-refractivity contribution in [3.05, 3.63) is 12.2 Å². The van der Waals surface area contributed by atoms with Crippen LogP contribution in [0.4, 0.5) is 0 Å². The van der Waals surface area contributed by atoms with Crippen molar-refractivity contribution in [3.8, 4) is 0 Å². The third-order valence-corrected chi connectivity index (χ3v) is 4.74. The van der Waals surface area contributed by atoms with Gasteiger partial charge in [0.1, 0.15) is 0 Å². The van der Waals surface area contributed by atoms with Gasteiger partial charge in [-0.05, 0) is 32.5 Å². The van der Waals surface area contributed by atoms with Gasteiger partial charge < -0.3 is 4.43 Å². The van der Waals surface area contributed by atoms with Gasteiger partial charge in [-0.3, -0.25) is 0 Å². The van der Waals surface area contributed by atoms with E-state index in [-0.39, 0.29) is 0 Å². The molecule has 0 aromatic heterocycles. The molecule has 0 radical (unpaired) electrons. The van der Waals surface area contributed by atoms with Crippen molar-refractivity contribution in [1.29, 1.82) is 0 Å². The number of hydrogen-bond acceptors (Lipinski definition) is 1. The minimum Gasteiger partial charge on any atom is -0.411 e. The Morgan fingerprint density at radius 1 is 1.55 bits per heavy atom. The van der Waals surface area contributed by atoms with Crippen molar-refractivity contribution >= 4 is 8.32 Å². The first-order valence-electron chi connectivity index (χ1n) is 4.34. The van der Waals surface area contributed by atoms with Gasteiger partial charge in [-0.1, -0.05) is 18.6 Å². The van der Waals surface area contributed by atoms with Gasteiger partial charge in [0.2, 0.25) is 0 Å². The molecule has 1 aliphatic heterocycles. The van der Waals surface area contributed by atoms with Gasteiger partial charge in [0.05, 0.1) is 6.10 Å². The lowest BCUT2D eigenvalue weighted by molar-refractivity contribution is 0.194. The van der Waals surface area contributed by atoms with Crippen LogP contribution in [0.1, 0.15) is 19.8 Å². The Morgan fingerprint density at radius 3 is 2.55 bits per heavy atom. The topological polar surface area (TPSA) is 9.23 Å². The molecule has 1 saturated heterocycles. The second-order valence-electron chi connectivity index (χ2n) is 4.10. The molecule has 1 heterocycles. The van der Waals surface area contributed by atoms with E-state index >= 15 is 0 Å². The highest BCUT2D eigenvalue weighted by Gasteiger charge is 2.30. The van der Waals surface area contributed by atoms with Gasteiger partial charge in [-0.15, -0.1) is 0 Å². The van der Waals surface area contributed by atoms with Crippen molar-refractivity contribution < 1.29 is 4.43 Å². The van der Waals surface area contributed by atoms with Gasteiger partial charge in [0.15, 0.2) is 8.32 Å². The van der Waals surface area contributed by atoms with E-state index in [0.29, 0.717) is 6.10 Å². The Morgan fingerprint density at radius 2 is 2.18 bits per heavy atom. The first-order valence-corrected chi connectivity index (χ1v) is 7.46. The average Bonchev–Trinajstić information content (AvgIpc) is 1.85. The lowest BCUT2D eigenvalue weighted by atomic mass is 10.1. The molecule has 0 bridgehead atoms. The summed E-state index contributed by atoms with van der Waals surface area (Å²) in [5, 5.41) is 0. The third kappa shape index (κ3) is 2.45. The van der Waals surface area contributed by atoms with Gasteiger partial charge in [-0.25, -0.2) is 0 Å². The Bertz CT molecular complexity index is 163. The monoisotopic (exact) mass is 170 g/mol. The highest BCUT2D eigenvalue weighted by atomic mass is 28.4. The summed E-state index contributed by atoms with van der Waals surface area (Å²) in [7, 11) is -1.28. The zero-order valence-electron chi connectivity index (χ0n) is 7.81. The number of hydrogen-bond donors (Lipinski definition) is 0. The van der Waals surface area contributed by atoms with Crippen LogP contribution in [0.25, 0.3) is 0 Å². The normalized spacial score (nSPS) is 29.9. The molecule has 0 spiro atoms. The van der Waals surface area contributed by atoms with Gasteiger partial charge in [0.25, 0.3) is 0 Å². The van der Waals surface area contributed by atoms with Crippen LogP contribution in [0.5, 0.6) is 0 Å². The molecule has 1 fully saturated rings. The quantitative estimate of drug-likeness (QED) is 0.434. The first-order chi connectivity index (χ1) is 5.01. The van der Waals surface area contributed by atoms with Crippen LogP contribution in [0.2, 0.25) is 19.1 Å². The molecule has 0 amide bonds. The SMILES string of the molecule is C=C(C)C1CCC[Si](C)(C)O1. The second-order valence-corrected chi connectivity index (χ2v) is 8.36. The van der Waals surface area contributed by atoms with Crippen LogP contribution in [-0.4, -0.2) is 14.4 Å². The maximum atomic E-state index is 5.97. The lowest BCUT2D eigenvalue weighted by Gasteiger charge is -2.34. The Kier molecular flexibility index (Phi) is 2.55. The van der Waals surface area contributed by atoms with Crippen LogP contribution in [0.15, 0.2) is 12.2 Å². The molecule has 2 heteroatoms. The second kappa shape index (κ2) is 3.11. The average molecular weight is 170 g/mol. The molecule has 1 atom stereocenters. The molecule has 0 aliphatic carbocycles. The van der Waals surface area contributed by atoms with E-state index in [1.54, 1.807) is 0 Å². The van der Waals surface area contributed by atoms with Crippen molar-refractivity contribution in [2.24, 2.45) is 0 Å². The summed E-state index contributed by atoms with van der Waals surface area (Å²) >= 11 is 0. The summed E-state index contributed by atoms with van der Waals surface area (Å²) in [6.07, 6.45) is 2.88. The van der Waals surface area contributed by atoms with Crippen molar-refractivity contribution in [1.82, 2.24) is 0 Å². The minimum absolute atomic E-state index is 0.366. The zero-order valence-corrected chi connectivity index (χ0v) is 8.81. The number of rotatable bonds is 1. The molecule has 0 saturated carbocycles. The van der Waals surface area contributed by atoms with E-state index in [1.807, 2.05) is 0 Å². The van der Waals surface area contributed by atoms with E-state index in [9.17, 15) is 0 Å². The summed E-state index contributed by atoms with van der Waals surface area (Å²) < 4.78 is 5.97. The molecule has 1 nitrogen and oxygen atoms in total. The lowest BCUT2D eigenvalue weighted by Crippen LogP contribution is -2.39. The Balaban J connectivity index is 2.53. The van der Waals surface area contributed by atoms with Crippen molar-refractivity contribution in [2.75, 3.05) is 0 Å². The first kappa shape index (κ1) is 9.01. The molecule has 1 unspecified atom stereocenters. The Hall–Kier alpha value is -0.0831. The third-order valence-electron chi connectivity index (χ3n) is 2.26. The molecular formula is C9H18OSi. The highest BCUT2D eigenvalue weighted by Crippen LogP contribution is 2.28. The van der Waals surface area contributed by atoms with Crippen LogP contribution in [-0.2, 0) is 4.43 Å². The molecule has 0 aromatic rings. The van der Waals surface area contributed by atoms with Crippen LogP contribution in [0.3, 0.4) is 0 Å². The van der Waals surface area contributed by atoms with Gasteiger partial charge in [-0.2, -0.15) is 0 Å². The maximum Gasteiger partial charge on any atom is 0.187 e. The predicted octanol–water partition coefficient (Wildman–Crippen LogP) is 2.95. The summed E-state index contributed by atoms with van der Waals surface area (Å²) in [5.74, 6) is 0. The minimum atomic E-state index is -1.28. The van der Waals surface area contributed by atoms with Crippen LogP contribution >= 0.6 is 0 Å². The van der Waals surface area contributed by atoms with Gasteiger partial charge in [0, 0.05) is 0 Å². The predicted molar refractivity (Wildman–Crippen MR) is 51.2 cm³/mol. The molecule has 1 aliphatic rings. The van der Waals surface area contributed by atoms with Crippen LogP contribution < -0.4 is 0 Å². The van der Waals surface area contributed by atoms with Crippen molar-refractivity contribution in [2.45, 2.75) is 45.0 Å². The van der Waals surface area contributed by atoms with E-state index in [4.69, 9.17) is 4.43 Å². The largest absolute Gasteiger partial charge is 0.411 e. The summed E-state index contributed by atoms with van der Waals surface area (Å²) in [6.45, 7) is 10.6. The smallest absolute Gasteiger partial charge is 0.187 e. The summed E-state index contributed by atoms with van der Waals surface area (Å²) in [6, 6.07) is 1.32. The van der Waals surface area contributed by atoms with Crippen LogP contribution in [0, 0.1) is 0 Å². The maximum absolute atomic E-state index is 5.97. The molecule has 0 N–H and O–H groups in total. The fourth-order valence-corrected chi connectivity index (χ4v) is 3.83. The molecule has 11 heavy (non-hydrogen) atoms. The van der Waals surface area contributed by atoms with E-state index in [0.717, 1.165) is 0 Å². The van der Waals surface area contributed by atoms with Crippen molar-refractivity contribution in [3.63, 3.8) is 0 Å². The van der Waals surface area contributed by atoms with E-state index < -0.39 is 8.32 Å². The fourth-order valence-electron chi connectivity index (χ4n) is 1.56. The summed E-state index contributed by atoms with van der Waals surface area (Å²) in [4.78, 5) is 0. The summed E-state index contributed by atoms with van der Waals surface area (Å²) in [5.41, 5.74) is 1.20. The van der Waals surface area contributed by atoms with E-state index in [2.05, 4.69) is 26.6 Å².